The Balaban J connectivity index is 1.69. The second-order valence-electron chi connectivity index (χ2n) is 6.79. The average Bonchev–Trinajstić information content (AvgIpc) is 2.86. The highest BCUT2D eigenvalue weighted by molar-refractivity contribution is 6.07. The molecular formula is C26H24O7. The summed E-state index contributed by atoms with van der Waals surface area (Å²) in [4.78, 5) is 25.0. The number of benzene rings is 3. The zero-order chi connectivity index (χ0) is 23.8. The SMILES string of the molecule is COc1ccc(OC)c(/C=C/C(=O)c2ccc(OC(=O)c3ccc(OC)c(OC)c3)cc2)c1. The van der Waals surface area contributed by atoms with E-state index in [4.69, 9.17) is 23.7 Å². The Morgan fingerprint density at radius 2 is 1.24 bits per heavy atom. The zero-order valence-electron chi connectivity index (χ0n) is 18.8. The minimum Gasteiger partial charge on any atom is -0.497 e. The number of rotatable bonds is 9. The molecule has 0 aliphatic rings. The minimum atomic E-state index is -0.556. The second-order valence-corrected chi connectivity index (χ2v) is 6.79. The fourth-order valence-electron chi connectivity index (χ4n) is 3.05. The fraction of sp³-hybridized carbons (Fsp3) is 0.154. The molecule has 7 heteroatoms. The van der Waals surface area contributed by atoms with E-state index in [9.17, 15) is 9.59 Å². The number of methoxy groups -OCH3 is 4. The van der Waals surface area contributed by atoms with Gasteiger partial charge in [-0.05, 0) is 72.8 Å². The predicted octanol–water partition coefficient (Wildman–Crippen LogP) is 4.84. The maximum absolute atomic E-state index is 12.6. The first-order valence-electron chi connectivity index (χ1n) is 9.97. The van der Waals surface area contributed by atoms with Gasteiger partial charge in [-0.15, -0.1) is 0 Å². The highest BCUT2D eigenvalue weighted by Gasteiger charge is 2.13. The standard InChI is InChI=1S/C26H24O7/c1-29-21-11-14-23(30-2)18(15-21)7-12-22(27)17-5-9-20(10-6-17)33-26(28)19-8-13-24(31-3)25(16-19)32-4/h5-16H,1-4H3/b12-7+. The van der Waals surface area contributed by atoms with Crippen LogP contribution in [0.3, 0.4) is 0 Å². The number of hydrogen-bond donors (Lipinski definition) is 0. The molecule has 0 heterocycles. The van der Waals surface area contributed by atoms with Crippen LogP contribution in [0.1, 0.15) is 26.3 Å². The summed E-state index contributed by atoms with van der Waals surface area (Å²) in [5.74, 6) is 1.76. The van der Waals surface area contributed by atoms with Gasteiger partial charge in [0.05, 0.1) is 34.0 Å². The van der Waals surface area contributed by atoms with Crippen molar-refractivity contribution >= 4 is 17.8 Å². The molecule has 0 radical (unpaired) electrons. The van der Waals surface area contributed by atoms with E-state index >= 15 is 0 Å². The van der Waals surface area contributed by atoms with Crippen molar-refractivity contribution in [1.29, 1.82) is 0 Å². The van der Waals surface area contributed by atoms with Gasteiger partial charge in [-0.1, -0.05) is 0 Å². The lowest BCUT2D eigenvalue weighted by Crippen LogP contribution is -2.09. The molecule has 0 saturated heterocycles. The topological polar surface area (TPSA) is 80.3 Å². The Kier molecular flexibility index (Phi) is 7.70. The van der Waals surface area contributed by atoms with Gasteiger partial charge in [0.15, 0.2) is 17.3 Å². The van der Waals surface area contributed by atoms with Gasteiger partial charge in [0, 0.05) is 11.1 Å². The van der Waals surface area contributed by atoms with Crippen molar-refractivity contribution in [2.75, 3.05) is 28.4 Å². The van der Waals surface area contributed by atoms with Crippen LogP contribution in [-0.2, 0) is 0 Å². The van der Waals surface area contributed by atoms with E-state index in [1.807, 2.05) is 0 Å². The first-order valence-corrected chi connectivity index (χ1v) is 9.97. The monoisotopic (exact) mass is 448 g/mol. The molecule has 0 unspecified atom stereocenters. The molecule has 0 fully saturated rings. The summed E-state index contributed by atoms with van der Waals surface area (Å²) in [7, 11) is 6.13. The van der Waals surface area contributed by atoms with E-state index in [1.165, 1.54) is 26.4 Å². The van der Waals surface area contributed by atoms with Crippen LogP contribution < -0.4 is 23.7 Å². The molecular weight excluding hydrogens is 424 g/mol. The van der Waals surface area contributed by atoms with E-state index in [2.05, 4.69) is 0 Å². The lowest BCUT2D eigenvalue weighted by molar-refractivity contribution is 0.0734. The fourth-order valence-corrected chi connectivity index (χ4v) is 3.05. The Bertz CT molecular complexity index is 1160. The van der Waals surface area contributed by atoms with Crippen LogP contribution in [-0.4, -0.2) is 40.2 Å². The van der Waals surface area contributed by atoms with Crippen LogP contribution in [0.2, 0.25) is 0 Å². The molecule has 0 aliphatic carbocycles. The van der Waals surface area contributed by atoms with Gasteiger partial charge < -0.3 is 23.7 Å². The summed E-state index contributed by atoms with van der Waals surface area (Å²) in [6.45, 7) is 0. The van der Waals surface area contributed by atoms with Crippen molar-refractivity contribution < 1.29 is 33.3 Å². The minimum absolute atomic E-state index is 0.211. The Hall–Kier alpha value is -4.26. The molecule has 3 aromatic carbocycles. The quantitative estimate of drug-likeness (QED) is 0.201. The number of ether oxygens (including phenoxy) is 5. The highest BCUT2D eigenvalue weighted by Crippen LogP contribution is 2.28. The summed E-state index contributed by atoms with van der Waals surface area (Å²) in [6.07, 6.45) is 3.11. The number of allylic oxidation sites excluding steroid dienone is 1. The molecule has 0 spiro atoms. The molecule has 0 saturated carbocycles. The third-order valence-corrected chi connectivity index (χ3v) is 4.82. The number of carbonyl (C=O) groups is 2. The molecule has 0 aliphatic heterocycles. The summed E-state index contributed by atoms with van der Waals surface area (Å²) in [6, 6.07) is 16.4. The first-order chi connectivity index (χ1) is 16.0. The zero-order valence-corrected chi connectivity index (χ0v) is 18.8. The van der Waals surface area contributed by atoms with Gasteiger partial charge in [-0.25, -0.2) is 4.79 Å². The maximum Gasteiger partial charge on any atom is 0.343 e. The molecule has 3 aromatic rings. The molecule has 0 amide bonds. The number of ketones is 1. The maximum atomic E-state index is 12.6. The van der Waals surface area contributed by atoms with Gasteiger partial charge in [-0.3, -0.25) is 4.79 Å². The molecule has 0 N–H and O–H groups in total. The molecule has 0 bridgehead atoms. The smallest absolute Gasteiger partial charge is 0.343 e. The van der Waals surface area contributed by atoms with Crippen molar-refractivity contribution in [3.63, 3.8) is 0 Å². The van der Waals surface area contributed by atoms with Crippen molar-refractivity contribution in [3.8, 4) is 28.7 Å². The van der Waals surface area contributed by atoms with E-state index < -0.39 is 5.97 Å². The van der Waals surface area contributed by atoms with Crippen LogP contribution in [0.5, 0.6) is 28.7 Å². The van der Waals surface area contributed by atoms with Crippen LogP contribution in [0.4, 0.5) is 0 Å². The number of hydrogen-bond acceptors (Lipinski definition) is 7. The Morgan fingerprint density at radius 1 is 0.636 bits per heavy atom. The van der Waals surface area contributed by atoms with Gasteiger partial charge in [-0.2, -0.15) is 0 Å². The summed E-state index contributed by atoms with van der Waals surface area (Å²) in [5.41, 5.74) is 1.47. The third-order valence-electron chi connectivity index (χ3n) is 4.82. The molecule has 0 atom stereocenters. The van der Waals surface area contributed by atoms with Crippen LogP contribution in [0.25, 0.3) is 6.08 Å². The van der Waals surface area contributed by atoms with Gasteiger partial charge in [0.2, 0.25) is 0 Å². The lowest BCUT2D eigenvalue weighted by Gasteiger charge is -2.09. The molecule has 170 valence electrons. The van der Waals surface area contributed by atoms with Gasteiger partial charge in [0.25, 0.3) is 0 Å². The van der Waals surface area contributed by atoms with Crippen molar-refractivity contribution in [3.05, 3.63) is 83.4 Å². The Morgan fingerprint density at radius 3 is 1.88 bits per heavy atom. The molecule has 33 heavy (non-hydrogen) atoms. The summed E-state index contributed by atoms with van der Waals surface area (Å²) >= 11 is 0. The normalized spacial score (nSPS) is 10.5. The number of esters is 1. The third kappa shape index (κ3) is 5.71. The summed E-state index contributed by atoms with van der Waals surface area (Å²) in [5, 5.41) is 0. The summed E-state index contributed by atoms with van der Waals surface area (Å²) < 4.78 is 26.3. The van der Waals surface area contributed by atoms with Crippen molar-refractivity contribution in [1.82, 2.24) is 0 Å². The van der Waals surface area contributed by atoms with Crippen LogP contribution in [0, 0.1) is 0 Å². The predicted molar refractivity (Wildman–Crippen MR) is 124 cm³/mol. The molecule has 7 nitrogen and oxygen atoms in total. The first kappa shape index (κ1) is 23.4. The lowest BCUT2D eigenvalue weighted by atomic mass is 10.1. The van der Waals surface area contributed by atoms with Crippen LogP contribution >= 0.6 is 0 Å². The van der Waals surface area contributed by atoms with E-state index in [-0.39, 0.29) is 5.78 Å². The Labute approximate surface area is 192 Å². The molecule has 3 rings (SSSR count). The largest absolute Gasteiger partial charge is 0.497 e. The van der Waals surface area contributed by atoms with E-state index in [0.29, 0.717) is 45.4 Å². The van der Waals surface area contributed by atoms with Gasteiger partial charge in [0.1, 0.15) is 17.2 Å². The van der Waals surface area contributed by atoms with Crippen LogP contribution in [0.15, 0.2) is 66.7 Å². The van der Waals surface area contributed by atoms with Gasteiger partial charge >= 0.3 is 5.97 Å². The van der Waals surface area contributed by atoms with Crippen molar-refractivity contribution in [2.24, 2.45) is 0 Å². The van der Waals surface area contributed by atoms with E-state index in [0.717, 1.165) is 0 Å². The van der Waals surface area contributed by atoms with E-state index in [1.54, 1.807) is 74.9 Å². The molecule has 0 aromatic heterocycles. The number of carbonyl (C=O) groups excluding carboxylic acids is 2. The van der Waals surface area contributed by atoms with Crippen molar-refractivity contribution in [2.45, 2.75) is 0 Å². The average molecular weight is 448 g/mol. The highest BCUT2D eigenvalue weighted by atomic mass is 16.5. The second kappa shape index (κ2) is 10.9.